The Morgan fingerprint density at radius 2 is 2.43 bits per heavy atom. The molecule has 3 atom stereocenters. The van der Waals surface area contributed by atoms with Crippen LogP contribution in [0.25, 0.3) is 0 Å². The van der Waals surface area contributed by atoms with Gasteiger partial charge in [0.25, 0.3) is 0 Å². The molecule has 1 saturated heterocycles. The zero-order chi connectivity index (χ0) is 9.60. The Hall–Kier alpha value is -0.890. The monoisotopic (exact) mass is 189 g/mol. The smallest absolute Gasteiger partial charge is 0.136 e. The second-order valence-electron chi connectivity index (χ2n) is 4.59. The van der Waals surface area contributed by atoms with Gasteiger partial charge in [-0.05, 0) is 37.3 Å². The molecule has 0 unspecified atom stereocenters. The van der Waals surface area contributed by atoms with Crippen LogP contribution in [0.4, 0.5) is 0 Å². The molecule has 2 heterocycles. The molecule has 0 bridgehead atoms. The van der Waals surface area contributed by atoms with E-state index in [1.165, 1.54) is 12.8 Å². The third kappa shape index (κ3) is 1.10. The number of epoxide rings is 1. The minimum absolute atomic E-state index is 0.00771. The number of hydrogen-bond acceptors (Lipinski definition) is 2. The Balaban J connectivity index is 1.88. The topological polar surface area (TPSA) is 25.4 Å². The van der Waals surface area contributed by atoms with Crippen LogP contribution in [0.1, 0.15) is 31.9 Å². The molecule has 1 aliphatic heterocycles. The molecule has 2 nitrogen and oxygen atoms in total. The zero-order valence-corrected chi connectivity index (χ0v) is 8.44. The minimum atomic E-state index is 0.00771. The first-order chi connectivity index (χ1) is 6.81. The lowest BCUT2D eigenvalue weighted by molar-refractivity contribution is 0.280. The number of rotatable bonds is 1. The van der Waals surface area contributed by atoms with Crippen molar-refractivity contribution in [2.24, 2.45) is 5.92 Å². The molecule has 1 aromatic heterocycles. The summed E-state index contributed by atoms with van der Waals surface area (Å²) in [6.45, 7) is 2.31. The van der Waals surface area contributed by atoms with Gasteiger partial charge < -0.3 is 4.74 Å². The van der Waals surface area contributed by atoms with Gasteiger partial charge in [-0.25, -0.2) is 0 Å². The first-order valence-electron chi connectivity index (χ1n) is 5.40. The van der Waals surface area contributed by atoms with Crippen LogP contribution in [0.15, 0.2) is 24.4 Å². The summed E-state index contributed by atoms with van der Waals surface area (Å²) in [6.07, 6.45) is 5.93. The van der Waals surface area contributed by atoms with E-state index in [0.717, 1.165) is 18.0 Å². The van der Waals surface area contributed by atoms with Crippen molar-refractivity contribution in [3.05, 3.63) is 30.1 Å². The first-order valence-corrected chi connectivity index (χ1v) is 5.40. The number of hydrogen-bond donors (Lipinski definition) is 0. The summed E-state index contributed by atoms with van der Waals surface area (Å²) >= 11 is 0. The first kappa shape index (κ1) is 8.42. The quantitative estimate of drug-likeness (QED) is 0.634. The van der Waals surface area contributed by atoms with Crippen molar-refractivity contribution in [3.63, 3.8) is 0 Å². The van der Waals surface area contributed by atoms with E-state index in [1.807, 2.05) is 18.3 Å². The van der Waals surface area contributed by atoms with E-state index in [-0.39, 0.29) is 5.60 Å². The Morgan fingerprint density at radius 3 is 3.14 bits per heavy atom. The fourth-order valence-electron chi connectivity index (χ4n) is 2.59. The molecule has 74 valence electrons. The molecule has 2 fully saturated rings. The number of aromatic nitrogens is 1. The molecule has 0 radical (unpaired) electrons. The van der Waals surface area contributed by atoms with Gasteiger partial charge in [-0.3, -0.25) is 4.98 Å². The van der Waals surface area contributed by atoms with E-state index in [9.17, 15) is 0 Å². The van der Waals surface area contributed by atoms with Gasteiger partial charge in [-0.1, -0.05) is 13.0 Å². The standard InChI is InChI=1S/C12H15NO/c1-9-5-6-12(11(8-9)14-12)10-4-2-3-7-13-10/h2-4,7,9,11H,5-6,8H2,1H3/t9-,11+,12-/m1/s1. The van der Waals surface area contributed by atoms with Crippen LogP contribution in [-0.4, -0.2) is 11.1 Å². The summed E-state index contributed by atoms with van der Waals surface area (Å²) in [4.78, 5) is 4.42. The fourth-order valence-corrected chi connectivity index (χ4v) is 2.59. The second-order valence-corrected chi connectivity index (χ2v) is 4.59. The van der Waals surface area contributed by atoms with Crippen LogP contribution in [-0.2, 0) is 10.3 Å². The maximum absolute atomic E-state index is 5.86. The van der Waals surface area contributed by atoms with Gasteiger partial charge in [-0.2, -0.15) is 0 Å². The molecule has 2 heteroatoms. The third-order valence-corrected chi connectivity index (χ3v) is 3.54. The Morgan fingerprint density at radius 1 is 1.50 bits per heavy atom. The summed E-state index contributed by atoms with van der Waals surface area (Å²) in [6, 6.07) is 6.10. The highest BCUT2D eigenvalue weighted by Crippen LogP contribution is 2.55. The van der Waals surface area contributed by atoms with Crippen molar-refractivity contribution in [1.29, 1.82) is 0 Å². The fraction of sp³-hybridized carbons (Fsp3) is 0.583. The van der Waals surface area contributed by atoms with Crippen LogP contribution in [0.3, 0.4) is 0 Å². The summed E-state index contributed by atoms with van der Waals surface area (Å²) in [5.41, 5.74) is 1.14. The molecule has 1 aliphatic carbocycles. The number of pyridine rings is 1. The predicted octanol–water partition coefficient (Wildman–Crippen LogP) is 2.50. The highest BCUT2D eigenvalue weighted by Gasteiger charge is 2.60. The summed E-state index contributed by atoms with van der Waals surface area (Å²) < 4.78 is 5.86. The van der Waals surface area contributed by atoms with E-state index in [1.54, 1.807) is 0 Å². The number of nitrogens with zero attached hydrogens (tertiary/aromatic N) is 1. The van der Waals surface area contributed by atoms with Gasteiger partial charge in [0.1, 0.15) is 5.60 Å². The number of fused-ring (bicyclic) bond motifs is 1. The molecule has 2 aliphatic rings. The maximum atomic E-state index is 5.86. The molecular formula is C12H15NO. The van der Waals surface area contributed by atoms with Crippen LogP contribution in [0.2, 0.25) is 0 Å². The molecule has 3 rings (SSSR count). The molecule has 0 aromatic carbocycles. The normalized spacial score (nSPS) is 40.4. The van der Waals surface area contributed by atoms with E-state index >= 15 is 0 Å². The van der Waals surface area contributed by atoms with E-state index < -0.39 is 0 Å². The average molecular weight is 189 g/mol. The largest absolute Gasteiger partial charge is 0.359 e. The molecule has 0 N–H and O–H groups in total. The summed E-state index contributed by atoms with van der Waals surface area (Å²) in [5, 5.41) is 0. The predicted molar refractivity (Wildman–Crippen MR) is 53.8 cm³/mol. The Bertz CT molecular complexity index is 337. The van der Waals surface area contributed by atoms with Gasteiger partial charge >= 0.3 is 0 Å². The van der Waals surface area contributed by atoms with Crippen molar-refractivity contribution >= 4 is 0 Å². The van der Waals surface area contributed by atoms with Gasteiger partial charge in [-0.15, -0.1) is 0 Å². The minimum Gasteiger partial charge on any atom is -0.359 e. The lowest BCUT2D eigenvalue weighted by Gasteiger charge is -2.20. The van der Waals surface area contributed by atoms with Crippen molar-refractivity contribution in [2.75, 3.05) is 0 Å². The average Bonchev–Trinajstić information content (AvgIpc) is 2.94. The zero-order valence-electron chi connectivity index (χ0n) is 8.44. The molecule has 0 spiro atoms. The van der Waals surface area contributed by atoms with Crippen molar-refractivity contribution < 1.29 is 4.74 Å². The molecule has 14 heavy (non-hydrogen) atoms. The van der Waals surface area contributed by atoms with Gasteiger partial charge in [0.15, 0.2) is 0 Å². The van der Waals surface area contributed by atoms with Gasteiger partial charge in [0.05, 0.1) is 11.8 Å². The van der Waals surface area contributed by atoms with Crippen LogP contribution >= 0.6 is 0 Å². The van der Waals surface area contributed by atoms with Crippen molar-refractivity contribution in [3.8, 4) is 0 Å². The second kappa shape index (κ2) is 2.80. The lowest BCUT2D eigenvalue weighted by atomic mass is 9.81. The highest BCUT2D eigenvalue weighted by molar-refractivity contribution is 5.23. The van der Waals surface area contributed by atoms with Gasteiger partial charge in [0.2, 0.25) is 0 Å². The van der Waals surface area contributed by atoms with E-state index in [2.05, 4.69) is 18.0 Å². The Labute approximate surface area is 84.3 Å². The van der Waals surface area contributed by atoms with Crippen molar-refractivity contribution in [1.82, 2.24) is 4.98 Å². The SMILES string of the molecule is C[C@@H]1CC[C@]2(c3ccccn3)O[C@H]2C1. The summed E-state index contributed by atoms with van der Waals surface area (Å²) in [7, 11) is 0. The molecule has 0 amide bonds. The van der Waals surface area contributed by atoms with Gasteiger partial charge in [0, 0.05) is 6.20 Å². The third-order valence-electron chi connectivity index (χ3n) is 3.54. The lowest BCUT2D eigenvalue weighted by Crippen LogP contribution is -2.22. The summed E-state index contributed by atoms with van der Waals surface area (Å²) in [5.74, 6) is 0.819. The molecular weight excluding hydrogens is 174 g/mol. The van der Waals surface area contributed by atoms with Crippen molar-refractivity contribution in [2.45, 2.75) is 37.9 Å². The molecule has 1 aromatic rings. The Kier molecular flexibility index (Phi) is 1.68. The van der Waals surface area contributed by atoms with Crippen LogP contribution in [0, 0.1) is 5.92 Å². The maximum Gasteiger partial charge on any atom is 0.136 e. The van der Waals surface area contributed by atoms with Crippen LogP contribution in [0.5, 0.6) is 0 Å². The number of ether oxygens (including phenoxy) is 1. The molecule has 1 saturated carbocycles. The highest BCUT2D eigenvalue weighted by atomic mass is 16.6. The van der Waals surface area contributed by atoms with E-state index in [0.29, 0.717) is 6.10 Å². The van der Waals surface area contributed by atoms with E-state index in [4.69, 9.17) is 4.74 Å². The van der Waals surface area contributed by atoms with Crippen LogP contribution < -0.4 is 0 Å².